The third-order valence-electron chi connectivity index (χ3n) is 9.33. The summed E-state index contributed by atoms with van der Waals surface area (Å²) >= 11 is 0. The number of amides is 3. The first-order chi connectivity index (χ1) is 19.1. The summed E-state index contributed by atoms with van der Waals surface area (Å²) in [4.78, 5) is 45.6. The number of para-hydroxylation sites is 1. The topological polar surface area (TPSA) is 111 Å². The molecule has 5 rings (SSSR count). The van der Waals surface area contributed by atoms with Crippen LogP contribution in [0.3, 0.4) is 0 Å². The Morgan fingerprint density at radius 2 is 1.65 bits per heavy atom. The predicted molar refractivity (Wildman–Crippen MR) is 154 cm³/mol. The van der Waals surface area contributed by atoms with E-state index in [0.717, 1.165) is 18.8 Å². The van der Waals surface area contributed by atoms with Crippen LogP contribution in [0.1, 0.15) is 41.0 Å². The fourth-order valence-corrected chi connectivity index (χ4v) is 7.23. The van der Waals surface area contributed by atoms with Gasteiger partial charge in [-0.3, -0.25) is 14.4 Å². The van der Waals surface area contributed by atoms with Gasteiger partial charge in [0.25, 0.3) is 0 Å². The molecule has 2 aromatic rings. The van der Waals surface area contributed by atoms with Gasteiger partial charge in [-0.2, -0.15) is 0 Å². The number of fused-ring (bicyclic) bond motifs is 1. The van der Waals surface area contributed by atoms with Crippen LogP contribution in [0, 0.1) is 17.8 Å². The zero-order chi connectivity index (χ0) is 28.8. The number of benzene rings is 2. The summed E-state index contributed by atoms with van der Waals surface area (Å²) in [5.74, 6) is -2.72. The van der Waals surface area contributed by atoms with Crippen LogP contribution in [-0.4, -0.2) is 70.7 Å². The molecule has 3 N–H and O–H groups in total. The third-order valence-corrected chi connectivity index (χ3v) is 9.33. The summed E-state index contributed by atoms with van der Waals surface area (Å²) in [6.07, 6.45) is 0.461. The number of ether oxygens (including phenoxy) is 1. The van der Waals surface area contributed by atoms with E-state index in [1.807, 2.05) is 56.3 Å². The Balaban J connectivity index is 1.49. The van der Waals surface area contributed by atoms with Crippen molar-refractivity contribution in [2.75, 3.05) is 35.2 Å². The maximum absolute atomic E-state index is 14.1. The normalized spacial score (nSPS) is 31.1. The van der Waals surface area contributed by atoms with Crippen molar-refractivity contribution in [3.8, 4) is 0 Å². The maximum Gasteiger partial charge on any atom is 0.250 e. The molecular formula is C31H40N4O5. The van der Waals surface area contributed by atoms with E-state index in [1.165, 1.54) is 4.90 Å². The van der Waals surface area contributed by atoms with Gasteiger partial charge in [0, 0.05) is 30.2 Å². The standard InChI is InChI=1S/C31H40N4O5/c1-6-34(7-2)23-15-13-22(14-16-23)33-28(38)26-31-17-19(3)30(5,40-31)24(25(31)29(39)35(26)20(4)18-36)27(37)32-21-11-9-8-10-12-21/h8-16,19-20,24-26,36H,6-7,17-18H2,1-5H3,(H,32,37)(H,33,38)/t19?,20-,24+,25+,26?,30-,31?/m1/s1. The first kappa shape index (κ1) is 28.1. The smallest absolute Gasteiger partial charge is 0.250 e. The number of hydrogen-bond acceptors (Lipinski definition) is 6. The molecule has 2 bridgehead atoms. The summed E-state index contributed by atoms with van der Waals surface area (Å²) < 4.78 is 6.73. The molecule has 3 aliphatic rings. The minimum absolute atomic E-state index is 0.0730. The van der Waals surface area contributed by atoms with Crippen molar-refractivity contribution < 1.29 is 24.2 Å². The number of nitrogens with zero attached hydrogens (tertiary/aromatic N) is 2. The zero-order valence-corrected chi connectivity index (χ0v) is 23.9. The molecule has 9 heteroatoms. The Morgan fingerprint density at radius 3 is 2.25 bits per heavy atom. The summed E-state index contributed by atoms with van der Waals surface area (Å²) in [5.41, 5.74) is 0.195. The Hall–Kier alpha value is -3.43. The molecule has 1 spiro atoms. The molecule has 3 aliphatic heterocycles. The minimum atomic E-state index is -1.18. The SMILES string of the molecule is CCN(CC)c1ccc(NC(=O)C2N([C@H](C)CO)C(=O)[C@@H]3[C@@H](C(=O)Nc4ccccc4)[C@]4(C)OC23CC4C)cc1. The monoisotopic (exact) mass is 548 g/mol. The van der Waals surface area contributed by atoms with E-state index < -0.39 is 35.1 Å². The number of aliphatic hydroxyl groups excluding tert-OH is 1. The van der Waals surface area contributed by atoms with Crippen LogP contribution in [0.2, 0.25) is 0 Å². The van der Waals surface area contributed by atoms with Crippen LogP contribution in [0.15, 0.2) is 54.6 Å². The Kier molecular flexibility index (Phi) is 7.39. The average molecular weight is 549 g/mol. The summed E-state index contributed by atoms with van der Waals surface area (Å²) in [7, 11) is 0. The average Bonchev–Trinajstić information content (AvgIpc) is 3.47. The quantitative estimate of drug-likeness (QED) is 0.442. The van der Waals surface area contributed by atoms with E-state index in [-0.39, 0.29) is 30.2 Å². The molecule has 0 aromatic heterocycles. The van der Waals surface area contributed by atoms with Crippen molar-refractivity contribution in [3.05, 3.63) is 54.6 Å². The molecule has 3 amide bonds. The highest BCUT2D eigenvalue weighted by Crippen LogP contribution is 2.65. The molecule has 0 aliphatic carbocycles. The second-order valence-electron chi connectivity index (χ2n) is 11.5. The summed E-state index contributed by atoms with van der Waals surface area (Å²) in [6, 6.07) is 15.1. The lowest BCUT2D eigenvalue weighted by Gasteiger charge is -2.36. The Bertz CT molecular complexity index is 1270. The van der Waals surface area contributed by atoms with Crippen molar-refractivity contribution >= 4 is 34.8 Å². The van der Waals surface area contributed by atoms with Crippen molar-refractivity contribution in [2.45, 2.75) is 64.3 Å². The van der Waals surface area contributed by atoms with Crippen LogP contribution in [0.4, 0.5) is 17.1 Å². The number of rotatable bonds is 9. The van der Waals surface area contributed by atoms with E-state index in [9.17, 15) is 19.5 Å². The lowest BCUT2D eigenvalue weighted by atomic mass is 9.62. The van der Waals surface area contributed by atoms with Gasteiger partial charge in [-0.15, -0.1) is 0 Å². The number of likely N-dealkylation sites (tertiary alicyclic amines) is 1. The van der Waals surface area contributed by atoms with E-state index >= 15 is 0 Å². The van der Waals surface area contributed by atoms with Crippen molar-refractivity contribution in [3.63, 3.8) is 0 Å². The summed E-state index contributed by atoms with van der Waals surface area (Å²) in [5, 5.41) is 16.1. The van der Waals surface area contributed by atoms with Crippen molar-refractivity contribution in [2.24, 2.45) is 17.8 Å². The van der Waals surface area contributed by atoms with Gasteiger partial charge >= 0.3 is 0 Å². The highest BCUT2D eigenvalue weighted by atomic mass is 16.5. The van der Waals surface area contributed by atoms with Crippen LogP contribution in [-0.2, 0) is 19.1 Å². The summed E-state index contributed by atoms with van der Waals surface area (Å²) in [6.45, 7) is 11.2. The fraction of sp³-hybridized carbons (Fsp3) is 0.516. The molecule has 7 atom stereocenters. The van der Waals surface area contributed by atoms with Crippen LogP contribution in [0.5, 0.6) is 0 Å². The lowest BCUT2D eigenvalue weighted by molar-refractivity contribution is -0.147. The molecule has 3 fully saturated rings. The lowest BCUT2D eigenvalue weighted by Crippen LogP contribution is -2.56. The van der Waals surface area contributed by atoms with Crippen LogP contribution >= 0.6 is 0 Å². The van der Waals surface area contributed by atoms with Gasteiger partial charge in [0.15, 0.2) is 0 Å². The van der Waals surface area contributed by atoms with E-state index in [1.54, 1.807) is 19.1 Å². The zero-order valence-electron chi connectivity index (χ0n) is 23.9. The van der Waals surface area contributed by atoms with E-state index in [0.29, 0.717) is 17.8 Å². The Labute approximate surface area is 235 Å². The number of hydrogen-bond donors (Lipinski definition) is 3. The second-order valence-corrected chi connectivity index (χ2v) is 11.5. The minimum Gasteiger partial charge on any atom is -0.394 e. The second kappa shape index (κ2) is 10.5. The molecule has 3 saturated heterocycles. The number of nitrogens with one attached hydrogen (secondary N) is 2. The highest BCUT2D eigenvalue weighted by molar-refractivity contribution is 6.05. The first-order valence-corrected chi connectivity index (χ1v) is 14.3. The largest absolute Gasteiger partial charge is 0.394 e. The van der Waals surface area contributed by atoms with Gasteiger partial charge in [-0.1, -0.05) is 25.1 Å². The van der Waals surface area contributed by atoms with Crippen LogP contribution < -0.4 is 15.5 Å². The fourth-order valence-electron chi connectivity index (χ4n) is 7.23. The number of anilines is 3. The molecule has 0 radical (unpaired) electrons. The molecule has 40 heavy (non-hydrogen) atoms. The van der Waals surface area contributed by atoms with Crippen molar-refractivity contribution in [1.29, 1.82) is 0 Å². The molecular weight excluding hydrogens is 508 g/mol. The molecule has 2 aromatic carbocycles. The van der Waals surface area contributed by atoms with Gasteiger partial charge in [0.05, 0.1) is 30.1 Å². The Morgan fingerprint density at radius 1 is 1.05 bits per heavy atom. The van der Waals surface area contributed by atoms with E-state index in [4.69, 9.17) is 4.74 Å². The molecule has 3 heterocycles. The molecule has 9 nitrogen and oxygen atoms in total. The van der Waals surface area contributed by atoms with Crippen LogP contribution in [0.25, 0.3) is 0 Å². The third kappa shape index (κ3) is 4.27. The molecule has 3 unspecified atom stereocenters. The van der Waals surface area contributed by atoms with Gasteiger partial charge in [-0.05, 0) is 76.4 Å². The number of aliphatic hydroxyl groups is 1. The van der Waals surface area contributed by atoms with Gasteiger partial charge < -0.3 is 30.3 Å². The number of carbonyl (C=O) groups excluding carboxylic acids is 3. The first-order valence-electron chi connectivity index (χ1n) is 14.3. The molecule has 0 saturated carbocycles. The number of carbonyl (C=O) groups is 3. The maximum atomic E-state index is 14.1. The van der Waals surface area contributed by atoms with Gasteiger partial charge in [0.2, 0.25) is 17.7 Å². The van der Waals surface area contributed by atoms with Gasteiger partial charge in [-0.25, -0.2) is 0 Å². The highest BCUT2D eigenvalue weighted by Gasteiger charge is 2.80. The van der Waals surface area contributed by atoms with E-state index in [2.05, 4.69) is 29.4 Å². The van der Waals surface area contributed by atoms with Crippen molar-refractivity contribution in [1.82, 2.24) is 4.90 Å². The predicted octanol–water partition coefficient (Wildman–Crippen LogP) is 3.50. The van der Waals surface area contributed by atoms with Gasteiger partial charge in [0.1, 0.15) is 11.6 Å². The molecule has 214 valence electrons.